The van der Waals surface area contributed by atoms with Gasteiger partial charge in [0.1, 0.15) is 0 Å². The Hall–Kier alpha value is 0.230. The van der Waals surface area contributed by atoms with E-state index in [-0.39, 0.29) is 11.2 Å². The number of hydrogen-bond donors (Lipinski definition) is 2. The van der Waals surface area contributed by atoms with E-state index in [2.05, 4.69) is 33.0 Å². The first-order chi connectivity index (χ1) is 7.58. The summed E-state index contributed by atoms with van der Waals surface area (Å²) in [7, 11) is 0. The summed E-state index contributed by atoms with van der Waals surface area (Å²) in [5.74, 6) is 0.747. The average molecular weight is 261 g/mol. The minimum absolute atomic E-state index is 0.0769. The summed E-state index contributed by atoms with van der Waals surface area (Å²) in [5.41, 5.74) is -0.895. The SMILES string of the molecule is CSCC(C)(O)CNC1CC(C)(C)OC1(C)C. The second kappa shape index (κ2) is 5.08. The van der Waals surface area contributed by atoms with Gasteiger partial charge in [-0.05, 0) is 47.3 Å². The highest BCUT2D eigenvalue weighted by Gasteiger charge is 2.45. The van der Waals surface area contributed by atoms with Crippen LogP contribution in [0.25, 0.3) is 0 Å². The van der Waals surface area contributed by atoms with Crippen molar-refractivity contribution >= 4 is 11.8 Å². The molecule has 0 aromatic carbocycles. The van der Waals surface area contributed by atoms with Gasteiger partial charge in [-0.1, -0.05) is 0 Å². The molecule has 17 heavy (non-hydrogen) atoms. The van der Waals surface area contributed by atoms with E-state index in [0.717, 1.165) is 12.2 Å². The van der Waals surface area contributed by atoms with E-state index >= 15 is 0 Å². The highest BCUT2D eigenvalue weighted by molar-refractivity contribution is 7.98. The van der Waals surface area contributed by atoms with Gasteiger partial charge in [0.2, 0.25) is 0 Å². The summed E-state index contributed by atoms with van der Waals surface area (Å²) >= 11 is 1.67. The summed E-state index contributed by atoms with van der Waals surface area (Å²) in [6, 6.07) is 0.297. The number of hydrogen-bond acceptors (Lipinski definition) is 4. The van der Waals surface area contributed by atoms with E-state index < -0.39 is 5.60 Å². The zero-order valence-electron chi connectivity index (χ0n) is 12.0. The summed E-state index contributed by atoms with van der Waals surface area (Å²) in [5, 5.41) is 13.6. The van der Waals surface area contributed by atoms with Crippen molar-refractivity contribution in [2.75, 3.05) is 18.6 Å². The second-order valence-corrected chi connectivity index (χ2v) is 7.40. The third kappa shape index (κ3) is 4.43. The van der Waals surface area contributed by atoms with E-state index in [4.69, 9.17) is 4.74 Å². The molecule has 3 nitrogen and oxygen atoms in total. The van der Waals surface area contributed by atoms with Crippen molar-refractivity contribution in [2.24, 2.45) is 0 Å². The molecule has 102 valence electrons. The van der Waals surface area contributed by atoms with Gasteiger partial charge in [-0.15, -0.1) is 0 Å². The Kier molecular flexibility index (Phi) is 4.57. The smallest absolute Gasteiger partial charge is 0.0833 e. The van der Waals surface area contributed by atoms with Crippen LogP contribution in [-0.4, -0.2) is 46.5 Å². The van der Waals surface area contributed by atoms with E-state index in [1.54, 1.807) is 11.8 Å². The number of nitrogens with one attached hydrogen (secondary N) is 1. The highest BCUT2D eigenvalue weighted by Crippen LogP contribution is 2.37. The van der Waals surface area contributed by atoms with E-state index in [0.29, 0.717) is 12.6 Å². The van der Waals surface area contributed by atoms with Gasteiger partial charge in [-0.3, -0.25) is 0 Å². The lowest BCUT2D eigenvalue weighted by Crippen LogP contribution is -2.50. The first kappa shape index (κ1) is 15.3. The van der Waals surface area contributed by atoms with Crippen molar-refractivity contribution in [3.8, 4) is 0 Å². The molecule has 0 aliphatic carbocycles. The minimum Gasteiger partial charge on any atom is -0.388 e. The summed E-state index contributed by atoms with van der Waals surface area (Å²) < 4.78 is 6.02. The molecular weight excluding hydrogens is 234 g/mol. The van der Waals surface area contributed by atoms with Crippen molar-refractivity contribution in [1.29, 1.82) is 0 Å². The quantitative estimate of drug-likeness (QED) is 0.794. The van der Waals surface area contributed by atoms with Crippen LogP contribution in [0.4, 0.5) is 0 Å². The molecule has 2 atom stereocenters. The topological polar surface area (TPSA) is 41.5 Å². The zero-order valence-corrected chi connectivity index (χ0v) is 12.8. The Morgan fingerprint density at radius 3 is 2.41 bits per heavy atom. The van der Waals surface area contributed by atoms with Crippen molar-refractivity contribution in [1.82, 2.24) is 5.32 Å². The first-order valence-corrected chi connectivity index (χ1v) is 7.62. The van der Waals surface area contributed by atoms with Crippen LogP contribution in [-0.2, 0) is 4.74 Å². The van der Waals surface area contributed by atoms with Crippen LogP contribution in [0.2, 0.25) is 0 Å². The summed E-state index contributed by atoms with van der Waals surface area (Å²) in [6.45, 7) is 11.0. The second-order valence-electron chi connectivity index (χ2n) is 6.53. The van der Waals surface area contributed by atoms with Gasteiger partial charge in [-0.2, -0.15) is 11.8 Å². The third-order valence-corrected chi connectivity index (χ3v) is 4.17. The lowest BCUT2D eigenvalue weighted by atomic mass is 9.94. The fraction of sp³-hybridized carbons (Fsp3) is 1.00. The van der Waals surface area contributed by atoms with Gasteiger partial charge in [0.05, 0.1) is 16.8 Å². The molecule has 0 bridgehead atoms. The number of rotatable bonds is 5. The van der Waals surface area contributed by atoms with Gasteiger partial charge in [0.15, 0.2) is 0 Å². The lowest BCUT2D eigenvalue weighted by Gasteiger charge is -2.31. The molecule has 0 aromatic heterocycles. The maximum Gasteiger partial charge on any atom is 0.0833 e. The maximum absolute atomic E-state index is 10.2. The van der Waals surface area contributed by atoms with Crippen LogP contribution in [0, 0.1) is 0 Å². The predicted molar refractivity (Wildman–Crippen MR) is 74.7 cm³/mol. The van der Waals surface area contributed by atoms with Gasteiger partial charge >= 0.3 is 0 Å². The molecule has 1 saturated heterocycles. The fourth-order valence-corrected chi connectivity index (χ4v) is 3.31. The van der Waals surface area contributed by atoms with Gasteiger partial charge in [-0.25, -0.2) is 0 Å². The fourth-order valence-electron chi connectivity index (χ4n) is 2.59. The average Bonchev–Trinajstić information content (AvgIpc) is 2.30. The standard InChI is InChI=1S/C13H27NO2S/c1-11(2)7-10(12(3,4)16-11)14-8-13(5,15)9-17-6/h10,14-15H,7-9H2,1-6H3. The largest absolute Gasteiger partial charge is 0.388 e. The van der Waals surface area contributed by atoms with E-state index in [1.165, 1.54) is 0 Å². The molecule has 1 rings (SSSR count). The van der Waals surface area contributed by atoms with Crippen molar-refractivity contribution < 1.29 is 9.84 Å². The predicted octanol–water partition coefficient (Wildman–Crippen LogP) is 2.04. The molecule has 0 aromatic rings. The molecule has 2 N–H and O–H groups in total. The molecule has 0 saturated carbocycles. The van der Waals surface area contributed by atoms with Crippen LogP contribution < -0.4 is 5.32 Å². The van der Waals surface area contributed by atoms with Gasteiger partial charge < -0.3 is 15.2 Å². The Bertz CT molecular complexity index is 264. The zero-order chi connectivity index (χ0) is 13.3. The van der Waals surface area contributed by atoms with E-state index in [1.807, 2.05) is 13.2 Å². The van der Waals surface area contributed by atoms with E-state index in [9.17, 15) is 5.11 Å². The Labute approximate surface area is 110 Å². The Morgan fingerprint density at radius 1 is 1.41 bits per heavy atom. The maximum atomic E-state index is 10.2. The number of aliphatic hydroxyl groups is 1. The molecule has 4 heteroatoms. The first-order valence-electron chi connectivity index (χ1n) is 6.23. The molecule has 1 aliphatic heterocycles. The van der Waals surface area contributed by atoms with Crippen molar-refractivity contribution in [2.45, 2.75) is 63.9 Å². The Morgan fingerprint density at radius 2 is 2.00 bits per heavy atom. The molecule has 0 radical (unpaired) electrons. The van der Waals surface area contributed by atoms with Crippen LogP contribution in [0.15, 0.2) is 0 Å². The number of thioether (sulfide) groups is 1. The van der Waals surface area contributed by atoms with Crippen LogP contribution in [0.3, 0.4) is 0 Å². The monoisotopic (exact) mass is 261 g/mol. The van der Waals surface area contributed by atoms with Crippen LogP contribution in [0.1, 0.15) is 41.0 Å². The number of ether oxygens (including phenoxy) is 1. The molecule has 1 aliphatic rings. The third-order valence-electron chi connectivity index (χ3n) is 3.26. The molecular formula is C13H27NO2S. The molecule has 2 unspecified atom stereocenters. The van der Waals surface area contributed by atoms with Crippen molar-refractivity contribution in [3.05, 3.63) is 0 Å². The molecule has 0 spiro atoms. The van der Waals surface area contributed by atoms with Crippen LogP contribution in [0.5, 0.6) is 0 Å². The lowest BCUT2D eigenvalue weighted by molar-refractivity contribution is -0.0707. The van der Waals surface area contributed by atoms with Gasteiger partial charge in [0.25, 0.3) is 0 Å². The normalized spacial score (nSPS) is 30.2. The van der Waals surface area contributed by atoms with Crippen molar-refractivity contribution in [3.63, 3.8) is 0 Å². The molecule has 1 fully saturated rings. The summed E-state index contributed by atoms with van der Waals surface area (Å²) in [6.07, 6.45) is 3.00. The van der Waals surface area contributed by atoms with Gasteiger partial charge in [0, 0.05) is 18.3 Å². The minimum atomic E-state index is -0.651. The Balaban J connectivity index is 2.53. The molecule has 1 heterocycles. The summed E-state index contributed by atoms with van der Waals surface area (Å²) in [4.78, 5) is 0. The molecule has 0 amide bonds. The van der Waals surface area contributed by atoms with Crippen LogP contribution >= 0.6 is 11.8 Å². The highest BCUT2D eigenvalue weighted by atomic mass is 32.2.